The van der Waals surface area contributed by atoms with Crippen LogP contribution in [-0.2, 0) is 38.7 Å². The molecule has 6 nitrogen and oxygen atoms in total. The minimum absolute atomic E-state index is 0.232. The molecule has 0 N–H and O–H groups in total. The van der Waals surface area contributed by atoms with Gasteiger partial charge in [-0.05, 0) is 93.7 Å². The Balaban J connectivity index is 1.72. The smallest absolute Gasteiger partial charge is 0.410 e. The van der Waals surface area contributed by atoms with Gasteiger partial charge in [0.05, 0.1) is 12.2 Å². The Labute approximate surface area is 239 Å². The normalized spacial score (nSPS) is 16.7. The molecule has 2 aromatic carbocycles. The van der Waals surface area contributed by atoms with Crippen LogP contribution >= 0.6 is 0 Å². The van der Waals surface area contributed by atoms with Gasteiger partial charge in [-0.2, -0.15) is 0 Å². The first-order chi connectivity index (χ1) is 19.1. The number of fused-ring (bicyclic) bond motifs is 1. The SMILES string of the molecule is CCOC(=O)[C@@H](OC(C)(C)C)c1c(C)c2c(c(C)c1/C=C/C1CCCCC1)CN(C(=O)OCc1ccccc1)C2. The van der Waals surface area contributed by atoms with Crippen LogP contribution in [-0.4, -0.2) is 29.2 Å². The van der Waals surface area contributed by atoms with Crippen LogP contribution in [0.5, 0.6) is 0 Å². The number of hydrogen-bond donors (Lipinski definition) is 0. The molecule has 0 spiro atoms. The Morgan fingerprint density at radius 3 is 2.25 bits per heavy atom. The van der Waals surface area contributed by atoms with E-state index in [0.717, 1.165) is 38.9 Å². The first-order valence-electron chi connectivity index (χ1n) is 14.7. The lowest BCUT2D eigenvalue weighted by Crippen LogP contribution is -2.30. The second-order valence-electron chi connectivity index (χ2n) is 12.1. The summed E-state index contributed by atoms with van der Waals surface area (Å²) in [5.41, 5.74) is 6.48. The predicted molar refractivity (Wildman–Crippen MR) is 158 cm³/mol. The third-order valence-electron chi connectivity index (χ3n) is 7.95. The van der Waals surface area contributed by atoms with Gasteiger partial charge in [0.25, 0.3) is 0 Å². The van der Waals surface area contributed by atoms with Gasteiger partial charge in [0, 0.05) is 18.7 Å². The van der Waals surface area contributed by atoms with E-state index in [9.17, 15) is 9.59 Å². The van der Waals surface area contributed by atoms with Crippen molar-refractivity contribution >= 4 is 18.1 Å². The molecule has 1 aliphatic carbocycles. The number of nitrogens with zero attached hydrogens (tertiary/aromatic N) is 1. The molecule has 4 rings (SSSR count). The van der Waals surface area contributed by atoms with Crippen LogP contribution < -0.4 is 0 Å². The quantitative estimate of drug-likeness (QED) is 0.314. The summed E-state index contributed by atoms with van der Waals surface area (Å²) in [5, 5.41) is 0. The fourth-order valence-electron chi connectivity index (χ4n) is 5.90. The monoisotopic (exact) mass is 547 g/mol. The van der Waals surface area contributed by atoms with Crippen molar-refractivity contribution in [2.24, 2.45) is 5.92 Å². The summed E-state index contributed by atoms with van der Waals surface area (Å²) < 4.78 is 17.6. The number of ether oxygens (including phenoxy) is 3. The molecule has 0 unspecified atom stereocenters. The van der Waals surface area contributed by atoms with Gasteiger partial charge in [0.1, 0.15) is 6.61 Å². The summed E-state index contributed by atoms with van der Waals surface area (Å²) in [7, 11) is 0. The average molecular weight is 548 g/mol. The summed E-state index contributed by atoms with van der Waals surface area (Å²) in [4.78, 5) is 28.2. The van der Waals surface area contributed by atoms with E-state index in [2.05, 4.69) is 19.1 Å². The fourth-order valence-corrected chi connectivity index (χ4v) is 5.90. The maximum absolute atomic E-state index is 13.4. The summed E-state index contributed by atoms with van der Waals surface area (Å²) in [6.07, 6.45) is 9.49. The van der Waals surface area contributed by atoms with E-state index in [1.807, 2.05) is 65.0 Å². The van der Waals surface area contributed by atoms with Crippen LogP contribution in [0.1, 0.15) is 105 Å². The number of benzene rings is 2. The topological polar surface area (TPSA) is 65.1 Å². The van der Waals surface area contributed by atoms with Crippen molar-refractivity contribution in [2.45, 2.75) is 105 Å². The standard InChI is InChI=1S/C34H45NO5/c1-7-38-32(36)31(40-34(4,5)6)30-24(3)29-21-35(33(37)39-22-26-16-12-9-13-17-26)20-28(29)23(2)27(30)19-18-25-14-10-8-11-15-25/h9,12-13,16-19,25,31H,7-8,10-11,14-15,20-22H2,1-6H3/b19-18+/t31-/m0/s1. The zero-order valence-electron chi connectivity index (χ0n) is 25.0. The maximum atomic E-state index is 13.4. The van der Waals surface area contributed by atoms with Crippen LogP contribution in [0.2, 0.25) is 0 Å². The Morgan fingerprint density at radius 2 is 1.62 bits per heavy atom. The van der Waals surface area contributed by atoms with Crippen LogP contribution in [0.15, 0.2) is 36.4 Å². The number of carbonyl (C=O) groups is 2. The van der Waals surface area contributed by atoms with Crippen molar-refractivity contribution in [3.63, 3.8) is 0 Å². The lowest BCUT2D eigenvalue weighted by molar-refractivity contribution is -0.166. The van der Waals surface area contributed by atoms with Crippen LogP contribution in [0, 0.1) is 19.8 Å². The van der Waals surface area contributed by atoms with E-state index < -0.39 is 11.7 Å². The van der Waals surface area contributed by atoms with Gasteiger partial charge in [-0.25, -0.2) is 9.59 Å². The summed E-state index contributed by atoms with van der Waals surface area (Å²) in [6.45, 7) is 13.2. The zero-order valence-corrected chi connectivity index (χ0v) is 25.0. The molecule has 2 aromatic rings. The second-order valence-corrected chi connectivity index (χ2v) is 12.1. The van der Waals surface area contributed by atoms with E-state index in [-0.39, 0.29) is 25.3 Å². The Kier molecular flexibility index (Phi) is 9.72. The first kappa shape index (κ1) is 29.9. The third-order valence-corrected chi connectivity index (χ3v) is 7.95. The average Bonchev–Trinajstić information content (AvgIpc) is 3.39. The highest BCUT2D eigenvalue weighted by Gasteiger charge is 2.36. The molecule has 1 amide bonds. The lowest BCUT2D eigenvalue weighted by Gasteiger charge is -2.30. The van der Waals surface area contributed by atoms with Crippen molar-refractivity contribution in [3.8, 4) is 0 Å². The summed E-state index contributed by atoms with van der Waals surface area (Å²) in [5.74, 6) is 0.146. The van der Waals surface area contributed by atoms with Gasteiger partial charge in [0.15, 0.2) is 6.10 Å². The highest BCUT2D eigenvalue weighted by molar-refractivity contribution is 5.81. The third kappa shape index (κ3) is 7.14. The van der Waals surface area contributed by atoms with E-state index >= 15 is 0 Å². The molecule has 0 bridgehead atoms. The van der Waals surface area contributed by atoms with Gasteiger partial charge >= 0.3 is 12.1 Å². The number of carbonyl (C=O) groups excluding carboxylic acids is 2. The van der Waals surface area contributed by atoms with Gasteiger partial charge in [-0.1, -0.05) is 61.7 Å². The van der Waals surface area contributed by atoms with E-state index in [1.54, 1.807) is 4.90 Å². The highest BCUT2D eigenvalue weighted by atomic mass is 16.6. The minimum Gasteiger partial charge on any atom is -0.464 e. The molecule has 0 aromatic heterocycles. The fraction of sp³-hybridized carbons (Fsp3) is 0.529. The zero-order chi connectivity index (χ0) is 28.9. The molecule has 1 fully saturated rings. The van der Waals surface area contributed by atoms with Crippen molar-refractivity contribution in [1.82, 2.24) is 4.90 Å². The Bertz CT molecular complexity index is 1220. The lowest BCUT2D eigenvalue weighted by atomic mass is 9.84. The van der Waals surface area contributed by atoms with Gasteiger partial charge in [-0.15, -0.1) is 0 Å². The van der Waals surface area contributed by atoms with Crippen LogP contribution in [0.3, 0.4) is 0 Å². The van der Waals surface area contributed by atoms with Crippen molar-refractivity contribution in [3.05, 3.63) is 75.4 Å². The van der Waals surface area contributed by atoms with Crippen molar-refractivity contribution in [2.75, 3.05) is 6.61 Å². The number of esters is 1. The van der Waals surface area contributed by atoms with Gasteiger partial charge < -0.3 is 14.2 Å². The number of hydrogen-bond acceptors (Lipinski definition) is 5. The first-order valence-corrected chi connectivity index (χ1v) is 14.7. The predicted octanol–water partition coefficient (Wildman–Crippen LogP) is 7.97. The molecule has 0 radical (unpaired) electrons. The molecule has 1 aliphatic heterocycles. The molecule has 6 heteroatoms. The molecule has 0 saturated heterocycles. The highest BCUT2D eigenvalue weighted by Crippen LogP contribution is 2.41. The van der Waals surface area contributed by atoms with Crippen LogP contribution in [0.4, 0.5) is 4.79 Å². The number of rotatable bonds is 8. The van der Waals surface area contributed by atoms with Crippen molar-refractivity contribution in [1.29, 1.82) is 0 Å². The molecular weight excluding hydrogens is 502 g/mol. The second kappa shape index (κ2) is 13.0. The van der Waals surface area contributed by atoms with Gasteiger partial charge in [-0.3, -0.25) is 4.90 Å². The minimum atomic E-state index is -0.867. The number of amides is 1. The number of allylic oxidation sites excluding steroid dienone is 1. The van der Waals surface area contributed by atoms with E-state index in [4.69, 9.17) is 14.2 Å². The molecule has 40 heavy (non-hydrogen) atoms. The maximum Gasteiger partial charge on any atom is 0.410 e. The molecular formula is C34H45NO5. The largest absolute Gasteiger partial charge is 0.464 e. The molecule has 1 atom stereocenters. The molecule has 1 heterocycles. The van der Waals surface area contributed by atoms with E-state index in [1.165, 1.54) is 32.1 Å². The van der Waals surface area contributed by atoms with Crippen molar-refractivity contribution < 1.29 is 23.8 Å². The van der Waals surface area contributed by atoms with Crippen LogP contribution in [0.25, 0.3) is 6.08 Å². The van der Waals surface area contributed by atoms with E-state index in [0.29, 0.717) is 19.0 Å². The molecule has 1 saturated carbocycles. The molecule has 2 aliphatic rings. The summed E-state index contributed by atoms with van der Waals surface area (Å²) >= 11 is 0. The van der Waals surface area contributed by atoms with Gasteiger partial charge in [0.2, 0.25) is 0 Å². The summed E-state index contributed by atoms with van der Waals surface area (Å²) in [6, 6.07) is 9.71. The Morgan fingerprint density at radius 1 is 0.975 bits per heavy atom. The molecule has 216 valence electrons. The Hall–Kier alpha value is -3.12.